The molecular weight excluding hydrogens is 266 g/mol. The van der Waals surface area contributed by atoms with Gasteiger partial charge in [-0.2, -0.15) is 0 Å². The molecule has 0 N–H and O–H groups in total. The molecule has 0 saturated heterocycles. The van der Waals surface area contributed by atoms with Crippen LogP contribution >= 0.6 is 11.8 Å². The number of hydrogen-bond donors (Lipinski definition) is 0. The summed E-state index contributed by atoms with van der Waals surface area (Å²) in [5.41, 5.74) is 2.71. The zero-order chi connectivity index (χ0) is 13.9. The molecular formula is C17H13NOS. The number of benzene rings is 2. The number of nitrogens with zero attached hydrogens (tertiary/aromatic N) is 1. The van der Waals surface area contributed by atoms with Crippen LogP contribution in [0.15, 0.2) is 64.5 Å². The molecule has 0 aliphatic carbocycles. The van der Waals surface area contributed by atoms with Crippen molar-refractivity contribution in [2.75, 3.05) is 0 Å². The molecule has 0 fully saturated rings. The average molecular weight is 279 g/mol. The van der Waals surface area contributed by atoms with Crippen molar-refractivity contribution in [2.24, 2.45) is 0 Å². The van der Waals surface area contributed by atoms with Gasteiger partial charge in [0.05, 0.1) is 5.52 Å². The molecule has 1 heterocycles. The van der Waals surface area contributed by atoms with Crippen LogP contribution in [0.2, 0.25) is 0 Å². The molecule has 0 saturated carbocycles. The Morgan fingerprint density at radius 2 is 1.85 bits per heavy atom. The Morgan fingerprint density at radius 1 is 1.05 bits per heavy atom. The van der Waals surface area contributed by atoms with Crippen LogP contribution < -0.4 is 0 Å². The van der Waals surface area contributed by atoms with Gasteiger partial charge in [-0.1, -0.05) is 48.2 Å². The highest BCUT2D eigenvalue weighted by Gasteiger charge is 2.09. The maximum absolute atomic E-state index is 11.3. The minimum atomic E-state index is 0.636. The molecule has 0 aliphatic heterocycles. The lowest BCUT2D eigenvalue weighted by atomic mass is 10.1. The molecule has 2 aromatic carbocycles. The summed E-state index contributed by atoms with van der Waals surface area (Å²) >= 11 is 1.52. The van der Waals surface area contributed by atoms with E-state index in [0.717, 1.165) is 32.7 Å². The second-order valence-electron chi connectivity index (χ2n) is 4.56. The van der Waals surface area contributed by atoms with Crippen LogP contribution in [0, 0.1) is 6.92 Å². The van der Waals surface area contributed by atoms with E-state index in [1.165, 1.54) is 11.8 Å². The minimum Gasteiger partial charge on any atom is -0.298 e. The Bertz CT molecular complexity index is 769. The molecule has 98 valence electrons. The quantitative estimate of drug-likeness (QED) is 0.661. The van der Waals surface area contributed by atoms with Gasteiger partial charge < -0.3 is 0 Å². The van der Waals surface area contributed by atoms with Gasteiger partial charge in [0.1, 0.15) is 5.03 Å². The van der Waals surface area contributed by atoms with E-state index in [1.807, 2.05) is 61.5 Å². The Balaban J connectivity index is 2.13. The van der Waals surface area contributed by atoms with Crippen LogP contribution in [-0.2, 0) is 0 Å². The minimum absolute atomic E-state index is 0.636. The summed E-state index contributed by atoms with van der Waals surface area (Å²) in [4.78, 5) is 17.0. The molecule has 0 spiro atoms. The first-order valence-corrected chi connectivity index (χ1v) is 7.18. The van der Waals surface area contributed by atoms with Gasteiger partial charge in [0.25, 0.3) is 0 Å². The van der Waals surface area contributed by atoms with Gasteiger partial charge in [-0.25, -0.2) is 4.98 Å². The first kappa shape index (κ1) is 12.9. The van der Waals surface area contributed by atoms with Crippen molar-refractivity contribution in [3.63, 3.8) is 0 Å². The predicted molar refractivity (Wildman–Crippen MR) is 82.4 cm³/mol. The first-order valence-electron chi connectivity index (χ1n) is 6.36. The third-order valence-electron chi connectivity index (χ3n) is 3.12. The molecule has 0 unspecified atom stereocenters. The molecule has 2 nitrogen and oxygen atoms in total. The molecule has 0 bridgehead atoms. The van der Waals surface area contributed by atoms with Crippen LogP contribution in [0.3, 0.4) is 0 Å². The number of carbonyl (C=O) groups is 1. The fourth-order valence-corrected chi connectivity index (χ4v) is 2.99. The van der Waals surface area contributed by atoms with E-state index in [4.69, 9.17) is 0 Å². The fourth-order valence-electron chi connectivity index (χ4n) is 2.11. The summed E-state index contributed by atoms with van der Waals surface area (Å²) < 4.78 is 0. The van der Waals surface area contributed by atoms with Crippen molar-refractivity contribution in [1.82, 2.24) is 4.98 Å². The third-order valence-corrected chi connectivity index (χ3v) is 4.15. The third kappa shape index (κ3) is 2.45. The summed E-state index contributed by atoms with van der Waals surface area (Å²) in [5.74, 6) is 0. The van der Waals surface area contributed by atoms with E-state index in [1.54, 1.807) is 0 Å². The van der Waals surface area contributed by atoms with Crippen molar-refractivity contribution in [3.8, 4) is 0 Å². The maximum Gasteiger partial charge on any atom is 0.152 e. The van der Waals surface area contributed by atoms with Gasteiger partial charge >= 0.3 is 0 Å². The normalized spacial score (nSPS) is 10.7. The molecule has 1 aromatic heterocycles. The maximum atomic E-state index is 11.3. The van der Waals surface area contributed by atoms with Crippen LogP contribution in [0.4, 0.5) is 0 Å². The van der Waals surface area contributed by atoms with Crippen molar-refractivity contribution in [2.45, 2.75) is 16.8 Å². The second kappa shape index (κ2) is 5.47. The van der Waals surface area contributed by atoms with Gasteiger partial charge in [0, 0.05) is 15.8 Å². The monoisotopic (exact) mass is 279 g/mol. The highest BCUT2D eigenvalue weighted by Crippen LogP contribution is 2.30. The lowest BCUT2D eigenvalue weighted by Gasteiger charge is -2.08. The van der Waals surface area contributed by atoms with Gasteiger partial charge in [0.2, 0.25) is 0 Å². The Kier molecular flexibility index (Phi) is 3.52. The van der Waals surface area contributed by atoms with E-state index in [9.17, 15) is 4.79 Å². The SMILES string of the molecule is Cc1cccc2cc(C=O)c(Sc3ccccc3)nc12. The molecule has 0 aliphatic rings. The number of fused-ring (bicyclic) bond motifs is 1. The summed E-state index contributed by atoms with van der Waals surface area (Å²) in [7, 11) is 0. The number of aromatic nitrogens is 1. The Labute approximate surface area is 121 Å². The van der Waals surface area contributed by atoms with Gasteiger partial charge in [-0.3, -0.25) is 4.79 Å². The number of rotatable bonds is 3. The van der Waals surface area contributed by atoms with Crippen molar-refractivity contribution in [1.29, 1.82) is 0 Å². The molecule has 0 amide bonds. The summed E-state index contributed by atoms with van der Waals surface area (Å²) in [5, 5.41) is 1.76. The first-order chi connectivity index (χ1) is 9.78. The number of aldehydes is 1. The molecule has 3 aromatic rings. The average Bonchev–Trinajstić information content (AvgIpc) is 2.48. The molecule has 0 radical (unpaired) electrons. The van der Waals surface area contributed by atoms with Crippen molar-refractivity contribution < 1.29 is 4.79 Å². The van der Waals surface area contributed by atoms with Gasteiger partial charge in [0.15, 0.2) is 6.29 Å². The van der Waals surface area contributed by atoms with Crippen LogP contribution in [0.25, 0.3) is 10.9 Å². The molecule has 0 atom stereocenters. The van der Waals surface area contributed by atoms with E-state index in [2.05, 4.69) is 4.98 Å². The summed E-state index contributed by atoms with van der Waals surface area (Å²) in [6.45, 7) is 2.03. The predicted octanol–water partition coefficient (Wildman–Crippen LogP) is 4.51. The van der Waals surface area contributed by atoms with E-state index in [0.29, 0.717) is 5.56 Å². The standard InChI is InChI=1S/C17H13NOS/c1-12-6-5-7-13-10-14(11-19)17(18-16(12)13)20-15-8-3-2-4-9-15/h2-11H,1H3. The number of aryl methyl sites for hydroxylation is 1. The van der Waals surface area contributed by atoms with Crippen LogP contribution in [0.1, 0.15) is 15.9 Å². The topological polar surface area (TPSA) is 30.0 Å². The second-order valence-corrected chi connectivity index (χ2v) is 5.62. The highest BCUT2D eigenvalue weighted by molar-refractivity contribution is 7.99. The fraction of sp³-hybridized carbons (Fsp3) is 0.0588. The van der Waals surface area contributed by atoms with Gasteiger partial charge in [-0.05, 0) is 30.7 Å². The number of pyridine rings is 1. The number of hydrogen-bond acceptors (Lipinski definition) is 3. The van der Waals surface area contributed by atoms with E-state index < -0.39 is 0 Å². The van der Waals surface area contributed by atoms with E-state index in [-0.39, 0.29) is 0 Å². The molecule has 20 heavy (non-hydrogen) atoms. The lowest BCUT2D eigenvalue weighted by molar-refractivity contribution is 0.112. The van der Waals surface area contributed by atoms with Crippen molar-refractivity contribution in [3.05, 3.63) is 65.7 Å². The number of para-hydroxylation sites is 1. The summed E-state index contributed by atoms with van der Waals surface area (Å²) in [6.07, 6.45) is 0.875. The molecule has 3 heteroatoms. The smallest absolute Gasteiger partial charge is 0.152 e. The Morgan fingerprint density at radius 3 is 2.60 bits per heavy atom. The van der Waals surface area contributed by atoms with Crippen LogP contribution in [0.5, 0.6) is 0 Å². The molecule has 3 rings (SSSR count). The zero-order valence-corrected chi connectivity index (χ0v) is 11.9. The van der Waals surface area contributed by atoms with Gasteiger partial charge in [-0.15, -0.1) is 0 Å². The Hall–Kier alpha value is -2.13. The largest absolute Gasteiger partial charge is 0.298 e. The van der Waals surface area contributed by atoms with Crippen LogP contribution in [-0.4, -0.2) is 11.3 Å². The van der Waals surface area contributed by atoms with E-state index >= 15 is 0 Å². The zero-order valence-electron chi connectivity index (χ0n) is 11.0. The number of carbonyl (C=O) groups excluding carboxylic acids is 1. The van der Waals surface area contributed by atoms with Crippen molar-refractivity contribution >= 4 is 29.0 Å². The lowest BCUT2D eigenvalue weighted by Crippen LogP contribution is -1.93. The highest BCUT2D eigenvalue weighted by atomic mass is 32.2. The summed E-state index contributed by atoms with van der Waals surface area (Å²) in [6, 6.07) is 17.9.